The van der Waals surface area contributed by atoms with Crippen LogP contribution in [-0.2, 0) is 4.79 Å². The maximum Gasteiger partial charge on any atom is 0.237 e. The second-order valence-corrected chi connectivity index (χ2v) is 6.26. The van der Waals surface area contributed by atoms with Crippen molar-refractivity contribution in [3.8, 4) is 0 Å². The molecule has 1 saturated heterocycles. The predicted octanol–water partition coefficient (Wildman–Crippen LogP) is 1.76. The van der Waals surface area contributed by atoms with Gasteiger partial charge in [-0.25, -0.2) is 0 Å². The van der Waals surface area contributed by atoms with E-state index in [4.69, 9.17) is 0 Å². The van der Waals surface area contributed by atoms with Gasteiger partial charge in [0.1, 0.15) is 0 Å². The molecule has 2 fully saturated rings. The third-order valence-corrected chi connectivity index (χ3v) is 4.88. The van der Waals surface area contributed by atoms with Crippen molar-refractivity contribution in [1.82, 2.24) is 10.6 Å². The minimum Gasteiger partial charge on any atom is -0.394 e. The Bertz CT molecular complexity index is 463. The summed E-state index contributed by atoms with van der Waals surface area (Å²) in [6.07, 6.45) is 5.93. The summed E-state index contributed by atoms with van der Waals surface area (Å²) in [5, 5.41) is 16.0. The van der Waals surface area contributed by atoms with Crippen molar-refractivity contribution in [1.29, 1.82) is 0 Å². The van der Waals surface area contributed by atoms with E-state index in [1.807, 2.05) is 30.3 Å². The van der Waals surface area contributed by atoms with E-state index in [0.717, 1.165) is 12.0 Å². The van der Waals surface area contributed by atoms with Gasteiger partial charge in [-0.1, -0.05) is 43.2 Å². The van der Waals surface area contributed by atoms with Crippen molar-refractivity contribution in [2.75, 3.05) is 6.61 Å². The van der Waals surface area contributed by atoms with Gasteiger partial charge < -0.3 is 15.7 Å². The number of carbonyl (C=O) groups excluding carboxylic acids is 1. The monoisotopic (exact) mass is 288 g/mol. The molecule has 3 rings (SSSR count). The van der Waals surface area contributed by atoms with Crippen LogP contribution in [0.15, 0.2) is 30.3 Å². The highest BCUT2D eigenvalue weighted by Crippen LogP contribution is 2.33. The van der Waals surface area contributed by atoms with Crippen molar-refractivity contribution >= 4 is 5.91 Å². The van der Waals surface area contributed by atoms with Crippen LogP contribution in [0.25, 0.3) is 0 Å². The molecular formula is C17H24N2O2. The van der Waals surface area contributed by atoms with Crippen molar-refractivity contribution in [2.24, 2.45) is 5.92 Å². The Morgan fingerprint density at radius 2 is 2.05 bits per heavy atom. The number of aliphatic hydroxyl groups is 1. The van der Waals surface area contributed by atoms with E-state index in [2.05, 4.69) is 10.6 Å². The fraction of sp³-hybridized carbons (Fsp3) is 0.588. The first-order valence-electron chi connectivity index (χ1n) is 8.00. The van der Waals surface area contributed by atoms with Gasteiger partial charge in [0.15, 0.2) is 0 Å². The fourth-order valence-corrected chi connectivity index (χ4v) is 3.71. The summed E-state index contributed by atoms with van der Waals surface area (Å²) in [5.41, 5.74) is 0.948. The molecule has 4 heteroatoms. The molecule has 4 atom stereocenters. The second kappa shape index (κ2) is 6.58. The van der Waals surface area contributed by atoms with E-state index in [-0.39, 0.29) is 24.6 Å². The van der Waals surface area contributed by atoms with Crippen LogP contribution in [0.3, 0.4) is 0 Å². The van der Waals surface area contributed by atoms with Gasteiger partial charge in [0.05, 0.1) is 18.7 Å². The van der Waals surface area contributed by atoms with Gasteiger partial charge in [0.25, 0.3) is 0 Å². The average Bonchev–Trinajstić information content (AvgIpc) is 2.97. The topological polar surface area (TPSA) is 61.4 Å². The maximum absolute atomic E-state index is 12.4. The van der Waals surface area contributed by atoms with Crippen LogP contribution in [0.1, 0.15) is 43.7 Å². The minimum atomic E-state index is -0.317. The number of fused-ring (bicyclic) bond motifs is 1. The van der Waals surface area contributed by atoms with E-state index >= 15 is 0 Å². The molecule has 2 aliphatic rings. The molecule has 1 heterocycles. The number of amides is 1. The molecule has 1 saturated carbocycles. The molecular weight excluding hydrogens is 264 g/mol. The summed E-state index contributed by atoms with van der Waals surface area (Å²) in [6, 6.07) is 9.74. The van der Waals surface area contributed by atoms with Crippen molar-refractivity contribution in [3.05, 3.63) is 35.9 Å². The standard InChI is InChI=1S/C17H24N2O2/c20-11-16(12-6-2-1-3-7-12)19-17(21)15-10-13-8-4-5-9-14(13)18-15/h1-3,6-7,13-16,18,20H,4-5,8-11H2,(H,19,21)/t13?,14?,15?,16-/m0/s1. The number of carbonyl (C=O) groups is 1. The first kappa shape index (κ1) is 14.5. The lowest BCUT2D eigenvalue weighted by Gasteiger charge is -2.24. The highest BCUT2D eigenvalue weighted by atomic mass is 16.3. The zero-order chi connectivity index (χ0) is 14.7. The lowest BCUT2D eigenvalue weighted by Crippen LogP contribution is -2.45. The summed E-state index contributed by atoms with van der Waals surface area (Å²) in [6.45, 7) is -0.0741. The van der Waals surface area contributed by atoms with Crippen LogP contribution >= 0.6 is 0 Å². The smallest absolute Gasteiger partial charge is 0.237 e. The number of aliphatic hydroxyl groups excluding tert-OH is 1. The van der Waals surface area contributed by atoms with Gasteiger partial charge in [-0.3, -0.25) is 4.79 Å². The summed E-state index contributed by atoms with van der Waals surface area (Å²) < 4.78 is 0. The number of hydrogen-bond donors (Lipinski definition) is 3. The molecule has 21 heavy (non-hydrogen) atoms. The van der Waals surface area contributed by atoms with Crippen LogP contribution in [-0.4, -0.2) is 29.7 Å². The molecule has 1 aromatic rings. The van der Waals surface area contributed by atoms with Gasteiger partial charge in [-0.15, -0.1) is 0 Å². The lowest BCUT2D eigenvalue weighted by molar-refractivity contribution is -0.124. The van der Waals surface area contributed by atoms with Gasteiger partial charge in [-0.2, -0.15) is 0 Å². The van der Waals surface area contributed by atoms with E-state index in [9.17, 15) is 9.90 Å². The highest BCUT2D eigenvalue weighted by molar-refractivity contribution is 5.82. The summed E-state index contributed by atoms with van der Waals surface area (Å²) in [4.78, 5) is 12.4. The van der Waals surface area contributed by atoms with Crippen LogP contribution in [0.2, 0.25) is 0 Å². The normalized spacial score (nSPS) is 29.7. The fourth-order valence-electron chi connectivity index (χ4n) is 3.71. The minimum absolute atomic E-state index is 0.0207. The Kier molecular flexibility index (Phi) is 4.56. The SMILES string of the molecule is O=C(N[C@@H](CO)c1ccccc1)C1CC2CCCCC2N1. The Morgan fingerprint density at radius 1 is 1.29 bits per heavy atom. The Balaban J connectivity index is 1.60. The van der Waals surface area contributed by atoms with E-state index in [1.54, 1.807) is 0 Å². The molecule has 1 amide bonds. The van der Waals surface area contributed by atoms with Crippen molar-refractivity contribution in [2.45, 2.75) is 50.2 Å². The number of nitrogens with one attached hydrogen (secondary N) is 2. The molecule has 1 aliphatic carbocycles. The van der Waals surface area contributed by atoms with Crippen molar-refractivity contribution < 1.29 is 9.90 Å². The quantitative estimate of drug-likeness (QED) is 0.791. The van der Waals surface area contributed by atoms with E-state index < -0.39 is 0 Å². The molecule has 0 radical (unpaired) electrons. The molecule has 0 aromatic heterocycles. The first-order chi connectivity index (χ1) is 10.3. The van der Waals surface area contributed by atoms with Crippen LogP contribution in [0.5, 0.6) is 0 Å². The third kappa shape index (κ3) is 3.27. The Labute approximate surface area is 125 Å². The maximum atomic E-state index is 12.4. The average molecular weight is 288 g/mol. The molecule has 1 aromatic carbocycles. The summed E-state index contributed by atoms with van der Waals surface area (Å²) in [7, 11) is 0. The summed E-state index contributed by atoms with van der Waals surface area (Å²) >= 11 is 0. The number of benzene rings is 1. The summed E-state index contributed by atoms with van der Waals surface area (Å²) in [5.74, 6) is 0.672. The molecule has 0 bridgehead atoms. The first-order valence-corrected chi connectivity index (χ1v) is 8.00. The van der Waals surface area contributed by atoms with Gasteiger partial charge in [0, 0.05) is 6.04 Å². The van der Waals surface area contributed by atoms with E-state index in [1.165, 1.54) is 25.7 Å². The zero-order valence-electron chi connectivity index (χ0n) is 12.3. The molecule has 3 unspecified atom stereocenters. The largest absolute Gasteiger partial charge is 0.394 e. The van der Waals surface area contributed by atoms with Gasteiger partial charge >= 0.3 is 0 Å². The zero-order valence-corrected chi connectivity index (χ0v) is 12.3. The number of rotatable bonds is 4. The second-order valence-electron chi connectivity index (χ2n) is 6.26. The molecule has 4 nitrogen and oxygen atoms in total. The van der Waals surface area contributed by atoms with Crippen LogP contribution < -0.4 is 10.6 Å². The number of hydrogen-bond acceptors (Lipinski definition) is 3. The van der Waals surface area contributed by atoms with Gasteiger partial charge in [0.2, 0.25) is 5.91 Å². The van der Waals surface area contributed by atoms with Gasteiger partial charge in [-0.05, 0) is 30.7 Å². The molecule has 3 N–H and O–H groups in total. The van der Waals surface area contributed by atoms with E-state index in [0.29, 0.717) is 12.0 Å². The van der Waals surface area contributed by atoms with Crippen LogP contribution in [0, 0.1) is 5.92 Å². The third-order valence-electron chi connectivity index (χ3n) is 4.88. The predicted molar refractivity (Wildman–Crippen MR) is 81.7 cm³/mol. The Hall–Kier alpha value is -1.39. The van der Waals surface area contributed by atoms with Crippen molar-refractivity contribution in [3.63, 3.8) is 0 Å². The molecule has 114 valence electrons. The molecule has 1 aliphatic heterocycles. The lowest BCUT2D eigenvalue weighted by atomic mass is 9.85. The van der Waals surface area contributed by atoms with Crippen LogP contribution in [0.4, 0.5) is 0 Å². The molecule has 0 spiro atoms. The Morgan fingerprint density at radius 3 is 2.76 bits per heavy atom. The highest BCUT2D eigenvalue weighted by Gasteiger charge is 2.38.